The smallest absolute Gasteiger partial charge is 0.332 e. The fraction of sp³-hybridized carbons (Fsp3) is 0.167. The van der Waals surface area contributed by atoms with Gasteiger partial charge in [-0.05, 0) is 31.0 Å². The zero-order valence-corrected chi connectivity index (χ0v) is 18.4. The summed E-state index contributed by atoms with van der Waals surface area (Å²) in [7, 11) is 1.52. The van der Waals surface area contributed by atoms with Crippen LogP contribution < -0.4 is 17.0 Å². The molecule has 33 heavy (non-hydrogen) atoms. The SMILES string of the molecule is Cc1ccc(C)c(-n2c(-c3ccccc3)cn3c4c(=O)n(CC(N)=O)c(=O)n(C)c4nc23)c1. The predicted molar refractivity (Wildman–Crippen MR) is 126 cm³/mol. The van der Waals surface area contributed by atoms with Crippen LogP contribution in [0.1, 0.15) is 11.1 Å². The van der Waals surface area contributed by atoms with Crippen molar-refractivity contribution in [2.75, 3.05) is 0 Å². The summed E-state index contributed by atoms with van der Waals surface area (Å²) in [5.74, 6) is -0.284. The number of rotatable bonds is 4. The van der Waals surface area contributed by atoms with E-state index in [9.17, 15) is 14.4 Å². The van der Waals surface area contributed by atoms with Crippen LogP contribution in [0.15, 0.2) is 64.3 Å². The van der Waals surface area contributed by atoms with Crippen LogP contribution >= 0.6 is 0 Å². The van der Waals surface area contributed by atoms with Crippen LogP contribution in [-0.2, 0) is 18.4 Å². The maximum absolute atomic E-state index is 13.3. The second kappa shape index (κ2) is 7.33. The summed E-state index contributed by atoms with van der Waals surface area (Å²) in [5.41, 5.74) is 9.27. The van der Waals surface area contributed by atoms with E-state index < -0.39 is 23.7 Å². The Morgan fingerprint density at radius 3 is 2.48 bits per heavy atom. The highest BCUT2D eigenvalue weighted by atomic mass is 16.2. The van der Waals surface area contributed by atoms with E-state index in [0.29, 0.717) is 5.78 Å². The molecule has 0 aliphatic carbocycles. The first kappa shape index (κ1) is 20.5. The van der Waals surface area contributed by atoms with Crippen molar-refractivity contribution in [1.29, 1.82) is 0 Å². The zero-order chi connectivity index (χ0) is 23.4. The van der Waals surface area contributed by atoms with Gasteiger partial charge < -0.3 is 5.73 Å². The van der Waals surface area contributed by atoms with E-state index in [-0.39, 0.29) is 11.2 Å². The largest absolute Gasteiger partial charge is 0.368 e. The standard InChI is InChI=1S/C24H22N6O3/c1-14-9-10-15(2)17(11-14)30-18(16-7-5-4-6-8-16)12-28-20-21(26-23(28)30)27(3)24(33)29(22(20)32)13-19(25)31/h4-12H,13H2,1-3H3,(H2,25,31). The van der Waals surface area contributed by atoms with Gasteiger partial charge in [0, 0.05) is 18.8 Å². The molecule has 0 unspecified atom stereocenters. The van der Waals surface area contributed by atoms with Crippen molar-refractivity contribution in [3.63, 3.8) is 0 Å². The summed E-state index contributed by atoms with van der Waals surface area (Å²) in [5, 5.41) is 0. The molecule has 0 saturated carbocycles. The number of carbonyl (C=O) groups excluding carboxylic acids is 1. The Labute approximate surface area is 187 Å². The first-order chi connectivity index (χ1) is 15.8. The van der Waals surface area contributed by atoms with Crippen molar-refractivity contribution < 1.29 is 4.79 Å². The summed E-state index contributed by atoms with van der Waals surface area (Å²) in [6.07, 6.45) is 1.84. The van der Waals surface area contributed by atoms with Crippen molar-refractivity contribution >= 4 is 22.8 Å². The molecule has 9 heteroatoms. The number of carbonyl (C=O) groups is 1. The van der Waals surface area contributed by atoms with E-state index >= 15 is 0 Å². The summed E-state index contributed by atoms with van der Waals surface area (Å²) >= 11 is 0. The third-order valence-electron chi connectivity index (χ3n) is 5.84. The highest BCUT2D eigenvalue weighted by Crippen LogP contribution is 2.30. The zero-order valence-electron chi connectivity index (χ0n) is 18.4. The molecule has 0 bridgehead atoms. The molecule has 5 rings (SSSR count). The molecule has 0 radical (unpaired) electrons. The number of primary amides is 1. The lowest BCUT2D eigenvalue weighted by atomic mass is 10.1. The molecular formula is C24H22N6O3. The second-order valence-electron chi connectivity index (χ2n) is 8.16. The Balaban J connectivity index is 1.97. The number of aryl methyl sites for hydroxylation is 3. The summed E-state index contributed by atoms with van der Waals surface area (Å²) < 4.78 is 5.78. The summed E-state index contributed by atoms with van der Waals surface area (Å²) in [6, 6.07) is 15.9. The predicted octanol–water partition coefficient (Wildman–Crippen LogP) is 1.91. The molecule has 0 spiro atoms. The Morgan fingerprint density at radius 1 is 1.06 bits per heavy atom. The monoisotopic (exact) mass is 442 g/mol. The first-order valence-corrected chi connectivity index (χ1v) is 10.4. The molecule has 1 amide bonds. The molecule has 2 aromatic carbocycles. The fourth-order valence-electron chi connectivity index (χ4n) is 4.20. The van der Waals surface area contributed by atoms with Crippen LogP contribution in [0, 0.1) is 13.8 Å². The van der Waals surface area contributed by atoms with Gasteiger partial charge in [-0.2, -0.15) is 4.98 Å². The average molecular weight is 442 g/mol. The van der Waals surface area contributed by atoms with Crippen molar-refractivity contribution in [3.05, 3.63) is 86.7 Å². The number of fused-ring (bicyclic) bond motifs is 3. The molecule has 166 valence electrons. The summed E-state index contributed by atoms with van der Waals surface area (Å²) in [4.78, 5) is 42.3. The molecule has 0 aliphatic heterocycles. The minimum absolute atomic E-state index is 0.203. The Morgan fingerprint density at radius 2 is 1.79 bits per heavy atom. The average Bonchev–Trinajstić information content (AvgIpc) is 3.34. The van der Waals surface area contributed by atoms with Crippen molar-refractivity contribution in [2.24, 2.45) is 12.8 Å². The molecule has 0 fully saturated rings. The lowest BCUT2D eigenvalue weighted by molar-refractivity contribution is -0.118. The summed E-state index contributed by atoms with van der Waals surface area (Å²) in [6.45, 7) is 3.52. The van der Waals surface area contributed by atoms with Gasteiger partial charge in [0.05, 0.1) is 11.4 Å². The van der Waals surface area contributed by atoms with Crippen molar-refractivity contribution in [3.8, 4) is 16.9 Å². The number of hydrogen-bond acceptors (Lipinski definition) is 4. The van der Waals surface area contributed by atoms with E-state index in [2.05, 4.69) is 6.07 Å². The number of hydrogen-bond donors (Lipinski definition) is 1. The Bertz CT molecular complexity index is 1690. The molecule has 2 N–H and O–H groups in total. The highest BCUT2D eigenvalue weighted by Gasteiger charge is 2.23. The Kier molecular flexibility index (Phi) is 4.56. The lowest BCUT2D eigenvalue weighted by Gasteiger charge is -2.13. The van der Waals surface area contributed by atoms with Crippen LogP contribution in [0.3, 0.4) is 0 Å². The van der Waals surface area contributed by atoms with Gasteiger partial charge in [-0.15, -0.1) is 0 Å². The second-order valence-corrected chi connectivity index (χ2v) is 8.16. The van der Waals surface area contributed by atoms with Gasteiger partial charge in [-0.3, -0.25) is 23.1 Å². The van der Waals surface area contributed by atoms with Gasteiger partial charge >= 0.3 is 5.69 Å². The van der Waals surface area contributed by atoms with Crippen LogP contribution in [-0.4, -0.2) is 29.0 Å². The van der Waals surface area contributed by atoms with Crippen LogP contribution in [0.5, 0.6) is 0 Å². The van der Waals surface area contributed by atoms with E-state index in [1.54, 1.807) is 4.40 Å². The van der Waals surface area contributed by atoms with E-state index in [1.807, 2.05) is 67.1 Å². The van der Waals surface area contributed by atoms with Crippen LogP contribution in [0.25, 0.3) is 33.9 Å². The minimum atomic E-state index is -0.771. The fourth-order valence-corrected chi connectivity index (χ4v) is 4.20. The number of imidazole rings is 2. The van der Waals surface area contributed by atoms with Crippen molar-refractivity contribution in [1.82, 2.24) is 23.1 Å². The number of amides is 1. The molecule has 3 aromatic heterocycles. The first-order valence-electron chi connectivity index (χ1n) is 10.4. The van der Waals surface area contributed by atoms with Crippen LogP contribution in [0.4, 0.5) is 0 Å². The molecule has 5 aromatic rings. The van der Waals surface area contributed by atoms with Gasteiger partial charge in [-0.25, -0.2) is 9.36 Å². The van der Waals surface area contributed by atoms with Crippen molar-refractivity contribution in [2.45, 2.75) is 20.4 Å². The minimum Gasteiger partial charge on any atom is -0.368 e. The van der Waals surface area contributed by atoms with Gasteiger partial charge in [0.2, 0.25) is 11.7 Å². The lowest BCUT2D eigenvalue weighted by Crippen LogP contribution is -2.42. The topological polar surface area (TPSA) is 109 Å². The number of aromatic nitrogens is 5. The number of nitrogens with two attached hydrogens (primary N) is 1. The quantitative estimate of drug-likeness (QED) is 0.458. The number of benzene rings is 2. The maximum Gasteiger partial charge on any atom is 0.332 e. The molecular weight excluding hydrogens is 420 g/mol. The molecule has 3 heterocycles. The maximum atomic E-state index is 13.3. The van der Waals surface area contributed by atoms with Gasteiger partial charge in [0.15, 0.2) is 11.2 Å². The van der Waals surface area contributed by atoms with Gasteiger partial charge in [0.25, 0.3) is 5.56 Å². The molecule has 0 saturated heterocycles. The van der Waals surface area contributed by atoms with E-state index in [0.717, 1.165) is 32.6 Å². The number of nitrogens with zero attached hydrogens (tertiary/aromatic N) is 5. The normalized spacial score (nSPS) is 11.5. The molecule has 0 atom stereocenters. The molecule has 0 aliphatic rings. The van der Waals surface area contributed by atoms with Gasteiger partial charge in [-0.1, -0.05) is 42.5 Å². The van der Waals surface area contributed by atoms with E-state index in [1.165, 1.54) is 11.6 Å². The highest BCUT2D eigenvalue weighted by molar-refractivity contribution is 5.80. The van der Waals surface area contributed by atoms with Crippen LogP contribution in [0.2, 0.25) is 0 Å². The van der Waals surface area contributed by atoms with Gasteiger partial charge in [0.1, 0.15) is 6.54 Å². The molecule has 9 nitrogen and oxygen atoms in total. The van der Waals surface area contributed by atoms with E-state index in [4.69, 9.17) is 10.7 Å². The third-order valence-corrected chi connectivity index (χ3v) is 5.84. The Hall–Kier alpha value is -4.40. The third kappa shape index (κ3) is 3.08.